The summed E-state index contributed by atoms with van der Waals surface area (Å²) in [7, 11) is -4.49. The summed E-state index contributed by atoms with van der Waals surface area (Å²) in [6.07, 6.45) is 14.3. The number of aromatic nitrogens is 8. The van der Waals surface area contributed by atoms with Gasteiger partial charge in [0.1, 0.15) is 6.73 Å². The van der Waals surface area contributed by atoms with Gasteiger partial charge in [-0.15, -0.1) is 10.2 Å². The predicted octanol–water partition coefficient (Wildman–Crippen LogP) is 9.19. The highest BCUT2D eigenvalue weighted by Gasteiger charge is 2.48. The Morgan fingerprint density at radius 2 is 1.22 bits per heavy atom. The molecule has 4 aromatic heterocycles. The number of alkyl halides is 4. The van der Waals surface area contributed by atoms with Gasteiger partial charge in [0.25, 0.3) is 30.4 Å². The molecule has 12 rings (SSSR count). The molecule has 4 aliphatic heterocycles. The topological polar surface area (TPSA) is 245 Å². The van der Waals surface area contributed by atoms with Crippen molar-refractivity contribution < 1.29 is 48.6 Å². The van der Waals surface area contributed by atoms with Crippen LogP contribution in [0.25, 0.3) is 22.3 Å². The fraction of sp³-hybridized carbons (Fsp3) is 0.536. The van der Waals surface area contributed by atoms with E-state index in [0.717, 1.165) is 124 Å². The van der Waals surface area contributed by atoms with Crippen molar-refractivity contribution in [2.24, 2.45) is 0 Å². The summed E-state index contributed by atoms with van der Waals surface area (Å²) in [6.45, 7) is 5.75. The third kappa shape index (κ3) is 13.9. The van der Waals surface area contributed by atoms with Crippen LogP contribution in [0, 0.1) is 0 Å². The number of likely N-dealkylation sites (tertiary alicyclic amines) is 2. The third-order valence-corrected chi connectivity index (χ3v) is 23.1. The second-order valence-electron chi connectivity index (χ2n) is 23.7. The Hall–Kier alpha value is -5.66. The van der Waals surface area contributed by atoms with Gasteiger partial charge in [-0.25, -0.2) is 36.6 Å². The molecule has 6 aliphatic rings. The standard InChI is InChI=1S/C25H29F2N7O3S.C16H30BrN5O3SSi.C15H14F2N2O/c1-33-12-8-25(33)9-13-34(14-10-25)38(35,36)24-30-23(31-32-24)29-21-18-4-2-3-16(18)5-6-19(21)17-7-11-28-20(15-17)37-22(26)27;1-20-8-5-16(20)6-9-21(10-7-16)26(23,24)15-18-14(17)19-22(15)13-25-11-12-27(2,3)4;16-15(17)20-13-8-10(6-7-19-13)12-5-4-9-2-1-3-11(9)14(12)18/h5-7,11,15,22H,2-4,8-10,12-14H2,1H3,(H2,29,30,31,32);5-13H2,1-4H3;4-8,15H,1-3,18H2. The van der Waals surface area contributed by atoms with Gasteiger partial charge in [0, 0.05) is 106 Å². The van der Waals surface area contributed by atoms with Crippen LogP contribution < -0.4 is 20.5 Å². The maximum Gasteiger partial charge on any atom is 0.388 e. The fourth-order valence-electron chi connectivity index (χ4n) is 12.2. The molecule has 4 saturated heterocycles. The Kier molecular flexibility index (Phi) is 18.8. The Morgan fingerprint density at radius 3 is 1.75 bits per heavy atom. The van der Waals surface area contributed by atoms with Gasteiger partial charge in [-0.2, -0.15) is 36.1 Å². The summed E-state index contributed by atoms with van der Waals surface area (Å²) in [5, 5.41) is 13.9. The summed E-state index contributed by atoms with van der Waals surface area (Å²) < 4.78 is 122. The number of hydrogen-bond donors (Lipinski definition) is 3. The SMILES string of the molecule is CN1CCC12CCN(S(=O)(=O)c1nc(Br)nn1COCC[Si](C)(C)C)CC2.CN1CCC12CCN(S(=O)(=O)c1nc(Nc3c(-c4ccnc(OC(F)F)c4)ccc4c3CCC4)n[nH]1)CC2.Nc1c(-c2ccnc(OC(F)F)c2)ccc2c1CCC2. The van der Waals surface area contributed by atoms with E-state index in [1.54, 1.807) is 16.4 Å². The molecule has 0 amide bonds. The molecule has 85 heavy (non-hydrogen) atoms. The number of nitrogens with two attached hydrogens (primary N) is 1. The monoisotopic (exact) mass is 1300 g/mol. The largest absolute Gasteiger partial charge is 0.417 e. The summed E-state index contributed by atoms with van der Waals surface area (Å²) in [5.41, 5.74) is 15.6. The highest BCUT2D eigenvalue weighted by atomic mass is 79.9. The number of aryl methyl sites for hydroxylation is 2. The maximum atomic E-state index is 13.3. The Labute approximate surface area is 502 Å². The highest BCUT2D eigenvalue weighted by molar-refractivity contribution is 9.10. The van der Waals surface area contributed by atoms with E-state index in [-0.39, 0.29) is 50.6 Å². The van der Waals surface area contributed by atoms with Gasteiger partial charge in [0.2, 0.25) is 22.4 Å². The zero-order chi connectivity index (χ0) is 60.5. The summed E-state index contributed by atoms with van der Waals surface area (Å²) in [6, 6.07) is 15.3. The van der Waals surface area contributed by atoms with E-state index in [4.69, 9.17) is 10.5 Å². The summed E-state index contributed by atoms with van der Waals surface area (Å²) >= 11 is 3.21. The molecule has 460 valence electrons. The number of sulfonamides is 2. The number of anilines is 3. The number of piperidine rings is 2. The van der Waals surface area contributed by atoms with Crippen LogP contribution in [0.2, 0.25) is 25.7 Å². The Balaban J connectivity index is 0.000000150. The van der Waals surface area contributed by atoms with Crippen LogP contribution in [0.3, 0.4) is 0 Å². The maximum absolute atomic E-state index is 13.3. The van der Waals surface area contributed by atoms with Crippen molar-refractivity contribution in [2.75, 3.05) is 71.0 Å². The molecular weight excluding hydrogens is 1230 g/mol. The predicted molar refractivity (Wildman–Crippen MR) is 319 cm³/mol. The molecule has 29 heteroatoms. The van der Waals surface area contributed by atoms with Crippen molar-refractivity contribution in [3.63, 3.8) is 0 Å². The van der Waals surface area contributed by atoms with Gasteiger partial charge in [0.15, 0.2) is 0 Å². The van der Waals surface area contributed by atoms with Crippen LogP contribution in [-0.2, 0) is 57.2 Å². The van der Waals surface area contributed by atoms with Crippen molar-refractivity contribution in [3.05, 3.63) is 87.9 Å². The van der Waals surface area contributed by atoms with Crippen molar-refractivity contribution >= 4 is 61.4 Å². The molecule has 0 saturated carbocycles. The quantitative estimate of drug-likeness (QED) is 0.0333. The first-order chi connectivity index (χ1) is 40.4. The Bertz CT molecular complexity index is 3580. The number of nitrogen functional groups attached to an aromatic ring is 1. The van der Waals surface area contributed by atoms with Gasteiger partial charge in [-0.1, -0.05) is 43.9 Å². The second-order valence-corrected chi connectivity index (χ2v) is 33.7. The minimum atomic E-state index is -3.83. The normalized spacial score (nSPS) is 18.7. The minimum absolute atomic E-state index is 0.0414. The van der Waals surface area contributed by atoms with E-state index in [9.17, 15) is 34.4 Å². The zero-order valence-electron chi connectivity index (χ0n) is 48.3. The van der Waals surface area contributed by atoms with E-state index < -0.39 is 41.3 Å². The minimum Gasteiger partial charge on any atom is -0.417 e. The Morgan fingerprint density at radius 1 is 0.706 bits per heavy atom. The lowest BCUT2D eigenvalue weighted by molar-refractivity contribution is -0.0535. The van der Waals surface area contributed by atoms with Crippen molar-refractivity contribution in [1.29, 1.82) is 0 Å². The number of benzene rings is 2. The van der Waals surface area contributed by atoms with Gasteiger partial charge in [-0.05, 0) is 159 Å². The molecule has 2 aromatic carbocycles. The first-order valence-electron chi connectivity index (χ1n) is 28.6. The van der Waals surface area contributed by atoms with Gasteiger partial charge >= 0.3 is 13.2 Å². The lowest BCUT2D eigenvalue weighted by Crippen LogP contribution is -2.62. The molecule has 2 aliphatic carbocycles. The van der Waals surface area contributed by atoms with E-state index in [0.29, 0.717) is 44.0 Å². The van der Waals surface area contributed by atoms with Crippen LogP contribution in [-0.4, -0.2) is 168 Å². The molecule has 4 fully saturated rings. The lowest BCUT2D eigenvalue weighted by atomic mass is 9.77. The number of fused-ring (bicyclic) bond motifs is 2. The van der Waals surface area contributed by atoms with Crippen LogP contribution >= 0.6 is 15.9 Å². The second kappa shape index (κ2) is 25.6. The van der Waals surface area contributed by atoms with Crippen molar-refractivity contribution in [2.45, 2.75) is 144 Å². The highest BCUT2D eigenvalue weighted by Crippen LogP contribution is 2.43. The van der Waals surface area contributed by atoms with E-state index in [2.05, 4.69) is 116 Å². The fourth-order valence-corrected chi connectivity index (χ4v) is 16.1. The van der Waals surface area contributed by atoms with Crippen molar-refractivity contribution in [3.8, 4) is 34.0 Å². The number of H-pyrrole nitrogens is 1. The third-order valence-electron chi connectivity index (χ3n) is 17.6. The molecule has 0 unspecified atom stereocenters. The first-order valence-corrected chi connectivity index (χ1v) is 36.0. The van der Waals surface area contributed by atoms with Crippen LogP contribution in [0.5, 0.6) is 11.8 Å². The average molecular weight is 1300 g/mol. The molecule has 21 nitrogen and oxygen atoms in total. The summed E-state index contributed by atoms with van der Waals surface area (Å²) in [5.74, 6) is -0.167. The smallest absolute Gasteiger partial charge is 0.388 e. The molecule has 6 aromatic rings. The molecule has 0 bridgehead atoms. The zero-order valence-corrected chi connectivity index (χ0v) is 52.6. The van der Waals surface area contributed by atoms with Gasteiger partial charge < -0.3 is 35.1 Å². The van der Waals surface area contributed by atoms with Crippen LogP contribution in [0.4, 0.5) is 34.9 Å². The molecule has 0 radical (unpaired) electrons. The molecular formula is C56H73BrF4N14O7S2Si. The average Bonchev–Trinajstić information content (AvgIpc) is 1.83. The lowest BCUT2D eigenvalue weighted by Gasteiger charge is -2.54. The van der Waals surface area contributed by atoms with Crippen LogP contribution in [0.15, 0.2) is 76.0 Å². The number of ether oxygens (including phenoxy) is 3. The number of rotatable bonds is 17. The number of aromatic amines is 1. The van der Waals surface area contributed by atoms with E-state index >= 15 is 0 Å². The first kappa shape index (κ1) is 62.4. The molecule has 2 spiro atoms. The number of nitrogens with zero attached hydrogens (tertiary/aromatic N) is 11. The number of hydrogen-bond acceptors (Lipinski definition) is 17. The van der Waals surface area contributed by atoms with Crippen LogP contribution in [0.1, 0.15) is 73.6 Å². The molecule has 4 N–H and O–H groups in total. The van der Waals surface area contributed by atoms with E-state index in [1.807, 2.05) is 18.2 Å². The molecule has 8 heterocycles. The number of nitrogens with one attached hydrogen (secondary N) is 2. The van der Waals surface area contributed by atoms with Gasteiger partial charge in [0.05, 0.1) is 5.69 Å². The van der Waals surface area contributed by atoms with Gasteiger partial charge in [-0.3, -0.25) is 0 Å². The number of halogens is 5. The van der Waals surface area contributed by atoms with E-state index in [1.165, 1.54) is 50.2 Å². The van der Waals surface area contributed by atoms with Crippen molar-refractivity contribution in [1.82, 2.24) is 58.3 Å². The number of pyridine rings is 2. The molecule has 0 atom stereocenters. The summed E-state index contributed by atoms with van der Waals surface area (Å²) in [4.78, 5) is 20.7.